The van der Waals surface area contributed by atoms with Crippen LogP contribution in [-0.2, 0) is 6.42 Å². The van der Waals surface area contributed by atoms with Crippen molar-refractivity contribution < 1.29 is 13.2 Å². The van der Waals surface area contributed by atoms with Gasteiger partial charge in [-0.1, -0.05) is 35.9 Å². The molecule has 0 bridgehead atoms. The van der Waals surface area contributed by atoms with Gasteiger partial charge in [-0.3, -0.25) is 0 Å². The summed E-state index contributed by atoms with van der Waals surface area (Å²) in [6, 6.07) is 5.12. The van der Waals surface area contributed by atoms with Crippen molar-refractivity contribution in [3.63, 3.8) is 0 Å². The van der Waals surface area contributed by atoms with Crippen LogP contribution in [0.5, 0.6) is 0 Å². The molecule has 0 aromatic heterocycles. The van der Waals surface area contributed by atoms with E-state index < -0.39 is 12.6 Å². The van der Waals surface area contributed by atoms with E-state index in [4.69, 9.17) is 11.6 Å². The van der Waals surface area contributed by atoms with Gasteiger partial charge in [0.1, 0.15) is 0 Å². The van der Waals surface area contributed by atoms with E-state index in [2.05, 4.69) is 12.2 Å². The number of hydrogen-bond donors (Lipinski definition) is 0. The maximum absolute atomic E-state index is 12.5. The molecule has 0 amide bonds. The molecule has 0 heterocycles. The first-order chi connectivity index (χ1) is 10.9. The lowest BCUT2D eigenvalue weighted by Gasteiger charge is -2.29. The van der Waals surface area contributed by atoms with Crippen molar-refractivity contribution in [1.29, 1.82) is 0 Å². The second-order valence-corrected chi connectivity index (χ2v) is 6.91. The molecule has 0 radical (unpaired) electrons. The van der Waals surface area contributed by atoms with E-state index in [9.17, 15) is 13.2 Å². The van der Waals surface area contributed by atoms with Gasteiger partial charge in [-0.2, -0.15) is 13.2 Å². The Balaban J connectivity index is 1.92. The molecule has 0 unspecified atom stereocenters. The molecular formula is C19H24ClF3. The van der Waals surface area contributed by atoms with Crippen molar-refractivity contribution in [3.05, 3.63) is 46.5 Å². The lowest BCUT2D eigenvalue weighted by molar-refractivity contribution is -0.127. The van der Waals surface area contributed by atoms with E-state index in [-0.39, 0.29) is 10.6 Å². The Kier molecular flexibility index (Phi) is 6.58. The Morgan fingerprint density at radius 2 is 1.87 bits per heavy atom. The zero-order valence-corrected chi connectivity index (χ0v) is 14.3. The number of allylic oxidation sites excluding steroid dienone is 2. The molecule has 0 spiro atoms. The van der Waals surface area contributed by atoms with E-state index in [1.165, 1.54) is 19.3 Å². The van der Waals surface area contributed by atoms with Crippen LogP contribution in [0.1, 0.15) is 62.5 Å². The molecule has 0 N–H and O–H groups in total. The molecule has 2 rings (SSSR count). The van der Waals surface area contributed by atoms with Crippen molar-refractivity contribution in [1.82, 2.24) is 0 Å². The highest BCUT2D eigenvalue weighted by molar-refractivity contribution is 6.31. The minimum absolute atomic E-state index is 0.169. The molecule has 4 heteroatoms. The predicted molar refractivity (Wildman–Crippen MR) is 90.0 cm³/mol. The Labute approximate surface area is 141 Å². The average Bonchev–Trinajstić information content (AvgIpc) is 2.49. The zero-order valence-electron chi connectivity index (χ0n) is 13.5. The summed E-state index contributed by atoms with van der Waals surface area (Å²) in [6.07, 6.45) is 6.13. The molecule has 1 saturated carbocycles. The minimum atomic E-state index is -4.21. The molecule has 1 aliphatic carbocycles. The normalized spacial score (nSPS) is 22.7. The van der Waals surface area contributed by atoms with Gasteiger partial charge in [0.25, 0.3) is 0 Å². The average molecular weight is 345 g/mol. The molecule has 1 aromatic rings. The SMILES string of the molecule is C/C=C/CCC1CCC(c2ccc(CC(F)(F)F)c(Cl)c2)CC1. The quantitative estimate of drug-likeness (QED) is 0.501. The number of hydrogen-bond acceptors (Lipinski definition) is 0. The van der Waals surface area contributed by atoms with E-state index in [1.807, 2.05) is 13.0 Å². The van der Waals surface area contributed by atoms with E-state index in [1.54, 1.807) is 12.1 Å². The van der Waals surface area contributed by atoms with Crippen LogP contribution in [-0.4, -0.2) is 6.18 Å². The molecule has 0 saturated heterocycles. The highest BCUT2D eigenvalue weighted by atomic mass is 35.5. The monoisotopic (exact) mass is 344 g/mol. The fourth-order valence-electron chi connectivity index (χ4n) is 3.46. The second-order valence-electron chi connectivity index (χ2n) is 6.51. The Morgan fingerprint density at radius 1 is 1.17 bits per heavy atom. The maximum Gasteiger partial charge on any atom is 0.393 e. The van der Waals surface area contributed by atoms with Gasteiger partial charge >= 0.3 is 6.18 Å². The summed E-state index contributed by atoms with van der Waals surface area (Å²) in [5, 5.41) is 0.245. The summed E-state index contributed by atoms with van der Waals surface area (Å²) in [4.78, 5) is 0. The van der Waals surface area contributed by atoms with Gasteiger partial charge in [0, 0.05) is 5.02 Å². The molecule has 1 fully saturated rings. The molecule has 1 aliphatic rings. The predicted octanol–water partition coefficient (Wildman–Crippen LogP) is 7.07. The summed E-state index contributed by atoms with van der Waals surface area (Å²) in [6.45, 7) is 2.04. The van der Waals surface area contributed by atoms with E-state index in [0.717, 1.165) is 30.7 Å². The summed E-state index contributed by atoms with van der Waals surface area (Å²) >= 11 is 6.06. The van der Waals surface area contributed by atoms with Gasteiger partial charge in [0.05, 0.1) is 6.42 Å². The zero-order chi connectivity index (χ0) is 16.9. The second kappa shape index (κ2) is 8.23. The summed E-state index contributed by atoms with van der Waals surface area (Å²) in [5.41, 5.74) is 1.26. The highest BCUT2D eigenvalue weighted by Crippen LogP contribution is 2.39. The third kappa shape index (κ3) is 5.87. The first kappa shape index (κ1) is 18.4. The first-order valence-electron chi connectivity index (χ1n) is 8.35. The Hall–Kier alpha value is -0.960. The van der Waals surface area contributed by atoms with Crippen molar-refractivity contribution in [3.8, 4) is 0 Å². The number of alkyl halides is 3. The van der Waals surface area contributed by atoms with Crippen molar-refractivity contribution in [2.24, 2.45) is 5.92 Å². The molecule has 0 atom stereocenters. The Bertz CT molecular complexity index is 526. The minimum Gasteiger partial charge on any atom is -0.171 e. The van der Waals surface area contributed by atoms with Gasteiger partial charge in [-0.25, -0.2) is 0 Å². The van der Waals surface area contributed by atoms with Crippen LogP contribution in [0.25, 0.3) is 0 Å². The van der Waals surface area contributed by atoms with Gasteiger partial charge in [0.15, 0.2) is 0 Å². The summed E-state index contributed by atoms with van der Waals surface area (Å²) in [7, 11) is 0. The molecular weight excluding hydrogens is 321 g/mol. The molecule has 1 aromatic carbocycles. The molecule has 23 heavy (non-hydrogen) atoms. The van der Waals surface area contributed by atoms with Gasteiger partial charge < -0.3 is 0 Å². The lowest BCUT2D eigenvalue weighted by atomic mass is 9.77. The number of rotatable bonds is 5. The van der Waals surface area contributed by atoms with Crippen LogP contribution in [0, 0.1) is 5.92 Å². The highest BCUT2D eigenvalue weighted by Gasteiger charge is 2.29. The fraction of sp³-hybridized carbons (Fsp3) is 0.579. The third-order valence-corrected chi connectivity index (χ3v) is 5.12. The smallest absolute Gasteiger partial charge is 0.171 e. The summed E-state index contributed by atoms with van der Waals surface area (Å²) < 4.78 is 37.5. The standard InChI is InChI=1S/C19H24ClF3/c1-2-3-4-5-14-6-8-15(9-7-14)16-10-11-17(18(20)12-16)13-19(21,22)23/h2-3,10-12,14-15H,4-9,13H2,1H3/b3-2+. The largest absolute Gasteiger partial charge is 0.393 e. The van der Waals surface area contributed by atoms with Crippen LogP contribution in [0.2, 0.25) is 5.02 Å². The first-order valence-corrected chi connectivity index (χ1v) is 8.73. The van der Waals surface area contributed by atoms with Crippen LogP contribution in [0.4, 0.5) is 13.2 Å². The van der Waals surface area contributed by atoms with E-state index in [0.29, 0.717) is 5.92 Å². The number of benzene rings is 1. The van der Waals surface area contributed by atoms with Crippen LogP contribution in [0.15, 0.2) is 30.4 Å². The topological polar surface area (TPSA) is 0 Å². The summed E-state index contributed by atoms with van der Waals surface area (Å²) in [5.74, 6) is 1.22. The van der Waals surface area contributed by atoms with Crippen LogP contribution in [0.3, 0.4) is 0 Å². The lowest BCUT2D eigenvalue weighted by Crippen LogP contribution is -2.14. The van der Waals surface area contributed by atoms with E-state index >= 15 is 0 Å². The molecule has 0 aliphatic heterocycles. The van der Waals surface area contributed by atoms with Crippen molar-refractivity contribution in [2.75, 3.05) is 0 Å². The van der Waals surface area contributed by atoms with Gasteiger partial charge in [-0.15, -0.1) is 0 Å². The van der Waals surface area contributed by atoms with Gasteiger partial charge in [-0.05, 0) is 74.5 Å². The van der Waals surface area contributed by atoms with Crippen LogP contribution < -0.4 is 0 Å². The molecule has 128 valence electrons. The third-order valence-electron chi connectivity index (χ3n) is 4.76. The van der Waals surface area contributed by atoms with Crippen molar-refractivity contribution in [2.45, 2.75) is 64.0 Å². The molecule has 0 nitrogen and oxygen atoms in total. The van der Waals surface area contributed by atoms with Crippen LogP contribution >= 0.6 is 11.6 Å². The van der Waals surface area contributed by atoms with Crippen molar-refractivity contribution >= 4 is 11.6 Å². The van der Waals surface area contributed by atoms with Gasteiger partial charge in [0.2, 0.25) is 0 Å². The number of halogens is 4. The Morgan fingerprint density at radius 3 is 2.43 bits per heavy atom. The maximum atomic E-state index is 12.5. The fourth-order valence-corrected chi connectivity index (χ4v) is 3.72.